The van der Waals surface area contributed by atoms with Crippen LogP contribution in [0.2, 0.25) is 0 Å². The van der Waals surface area contributed by atoms with Gasteiger partial charge in [-0.1, -0.05) is 19.1 Å². The van der Waals surface area contributed by atoms with Gasteiger partial charge >= 0.3 is 5.97 Å². The molecular formula is C20H31NO6. The van der Waals surface area contributed by atoms with Crippen molar-refractivity contribution in [2.24, 2.45) is 5.92 Å². The molecule has 0 N–H and O–H groups in total. The minimum absolute atomic E-state index is 0.136. The number of carbonyl (C=O) groups excluding carboxylic acids is 2. The van der Waals surface area contributed by atoms with Crippen molar-refractivity contribution in [1.82, 2.24) is 4.90 Å². The number of benzene rings is 1. The third-order valence-electron chi connectivity index (χ3n) is 3.89. The molecule has 1 unspecified atom stereocenters. The van der Waals surface area contributed by atoms with Crippen LogP contribution in [-0.2, 0) is 19.1 Å². The number of hydrogen-bond acceptors (Lipinski definition) is 6. The van der Waals surface area contributed by atoms with Gasteiger partial charge in [0.2, 0.25) is 0 Å². The normalized spacial score (nSPS) is 11.8. The molecule has 1 amide bonds. The molecule has 7 heteroatoms. The zero-order valence-electron chi connectivity index (χ0n) is 16.9. The Kier molecular flexibility index (Phi) is 10.3. The number of carbonyl (C=O) groups is 2. The molecule has 0 radical (unpaired) electrons. The molecule has 1 aromatic rings. The Hall–Kier alpha value is -2.28. The molecule has 0 saturated heterocycles. The van der Waals surface area contributed by atoms with E-state index in [9.17, 15) is 9.59 Å². The highest BCUT2D eigenvalue weighted by Crippen LogP contribution is 2.25. The molecular weight excluding hydrogens is 350 g/mol. The van der Waals surface area contributed by atoms with Crippen LogP contribution in [0, 0.1) is 5.92 Å². The van der Waals surface area contributed by atoms with E-state index in [4.69, 9.17) is 18.9 Å². The second-order valence-electron chi connectivity index (χ2n) is 6.48. The van der Waals surface area contributed by atoms with E-state index in [2.05, 4.69) is 0 Å². The van der Waals surface area contributed by atoms with Crippen LogP contribution in [0.25, 0.3) is 0 Å². The number of para-hydroxylation sites is 2. The SMILES string of the molecule is COC(=O)C(C)CN(CCCOC(C)C)C(=O)COc1ccccc1OC. The van der Waals surface area contributed by atoms with Crippen molar-refractivity contribution in [2.45, 2.75) is 33.3 Å². The summed E-state index contributed by atoms with van der Waals surface area (Å²) in [6.45, 7) is 6.80. The van der Waals surface area contributed by atoms with Crippen LogP contribution in [0.1, 0.15) is 27.2 Å². The lowest BCUT2D eigenvalue weighted by Crippen LogP contribution is -2.40. The predicted octanol–water partition coefficient (Wildman–Crippen LogP) is 2.53. The lowest BCUT2D eigenvalue weighted by Gasteiger charge is -2.25. The molecule has 0 saturated carbocycles. The summed E-state index contributed by atoms with van der Waals surface area (Å²) >= 11 is 0. The standard InChI is InChI=1S/C20H31NO6/c1-15(2)26-12-8-11-21(13-16(3)20(23)25-5)19(22)14-27-18-10-7-6-9-17(18)24-4/h6-7,9-10,15-16H,8,11-14H2,1-5H3. The quantitative estimate of drug-likeness (QED) is 0.409. The first-order valence-corrected chi connectivity index (χ1v) is 9.12. The smallest absolute Gasteiger partial charge is 0.310 e. The number of esters is 1. The van der Waals surface area contributed by atoms with Gasteiger partial charge in [-0.2, -0.15) is 0 Å². The molecule has 1 atom stereocenters. The summed E-state index contributed by atoms with van der Waals surface area (Å²) in [4.78, 5) is 26.0. The highest BCUT2D eigenvalue weighted by Gasteiger charge is 2.22. The van der Waals surface area contributed by atoms with E-state index in [1.165, 1.54) is 7.11 Å². The molecule has 0 aromatic heterocycles. The first-order valence-electron chi connectivity index (χ1n) is 9.12. The number of amides is 1. The van der Waals surface area contributed by atoms with Crippen molar-refractivity contribution in [3.8, 4) is 11.5 Å². The van der Waals surface area contributed by atoms with Crippen LogP contribution in [0.5, 0.6) is 11.5 Å². The average Bonchev–Trinajstić information content (AvgIpc) is 2.67. The maximum atomic E-state index is 12.7. The number of hydrogen-bond donors (Lipinski definition) is 0. The summed E-state index contributed by atoms with van der Waals surface area (Å²) in [5.74, 6) is 0.0804. The fourth-order valence-corrected chi connectivity index (χ4v) is 2.47. The third-order valence-corrected chi connectivity index (χ3v) is 3.89. The van der Waals surface area contributed by atoms with Crippen LogP contribution in [0.3, 0.4) is 0 Å². The average molecular weight is 381 g/mol. The molecule has 0 aliphatic heterocycles. The zero-order valence-corrected chi connectivity index (χ0v) is 16.9. The van der Waals surface area contributed by atoms with E-state index in [-0.39, 0.29) is 31.1 Å². The highest BCUT2D eigenvalue weighted by molar-refractivity contribution is 5.79. The molecule has 0 heterocycles. The van der Waals surface area contributed by atoms with Gasteiger partial charge in [0.15, 0.2) is 18.1 Å². The van der Waals surface area contributed by atoms with Crippen LogP contribution < -0.4 is 9.47 Å². The maximum absolute atomic E-state index is 12.7. The van der Waals surface area contributed by atoms with E-state index >= 15 is 0 Å². The summed E-state index contributed by atoms with van der Waals surface area (Å²) in [5, 5.41) is 0. The molecule has 0 spiro atoms. The van der Waals surface area contributed by atoms with E-state index in [0.29, 0.717) is 31.1 Å². The summed E-state index contributed by atoms with van der Waals surface area (Å²) < 4.78 is 21.1. The van der Waals surface area contributed by atoms with Gasteiger partial charge < -0.3 is 23.8 Å². The first-order chi connectivity index (χ1) is 12.9. The van der Waals surface area contributed by atoms with E-state index < -0.39 is 5.92 Å². The topological polar surface area (TPSA) is 74.3 Å². The van der Waals surface area contributed by atoms with Crippen molar-refractivity contribution in [2.75, 3.05) is 40.5 Å². The van der Waals surface area contributed by atoms with Crippen molar-refractivity contribution < 1.29 is 28.5 Å². The number of methoxy groups -OCH3 is 2. The Morgan fingerprint density at radius 2 is 1.74 bits per heavy atom. The number of ether oxygens (including phenoxy) is 4. The molecule has 1 rings (SSSR count). The fourth-order valence-electron chi connectivity index (χ4n) is 2.47. The van der Waals surface area contributed by atoms with Crippen molar-refractivity contribution in [3.05, 3.63) is 24.3 Å². The van der Waals surface area contributed by atoms with Gasteiger partial charge in [-0.3, -0.25) is 9.59 Å². The molecule has 27 heavy (non-hydrogen) atoms. The third kappa shape index (κ3) is 8.30. The molecule has 0 fully saturated rings. The van der Waals surface area contributed by atoms with Gasteiger partial charge in [-0.05, 0) is 32.4 Å². The van der Waals surface area contributed by atoms with Crippen molar-refractivity contribution in [1.29, 1.82) is 0 Å². The first kappa shape index (κ1) is 22.8. The van der Waals surface area contributed by atoms with E-state index in [1.807, 2.05) is 26.0 Å². The monoisotopic (exact) mass is 381 g/mol. The summed E-state index contributed by atoms with van der Waals surface area (Å²) in [7, 11) is 2.88. The van der Waals surface area contributed by atoms with Gasteiger partial charge in [0.05, 0.1) is 26.2 Å². The Morgan fingerprint density at radius 1 is 1.07 bits per heavy atom. The molecule has 152 valence electrons. The van der Waals surface area contributed by atoms with Gasteiger partial charge in [-0.15, -0.1) is 0 Å². The molecule has 0 aliphatic carbocycles. The van der Waals surface area contributed by atoms with Crippen LogP contribution in [0.4, 0.5) is 0 Å². The lowest BCUT2D eigenvalue weighted by atomic mass is 10.1. The molecule has 0 aliphatic rings. The minimum Gasteiger partial charge on any atom is -0.493 e. The Bertz CT molecular complexity index is 590. The molecule has 1 aromatic carbocycles. The number of rotatable bonds is 12. The van der Waals surface area contributed by atoms with Gasteiger partial charge in [0.1, 0.15) is 0 Å². The Labute approximate surface area is 161 Å². The number of nitrogens with zero attached hydrogens (tertiary/aromatic N) is 1. The molecule has 0 bridgehead atoms. The van der Waals surface area contributed by atoms with Crippen molar-refractivity contribution >= 4 is 11.9 Å². The molecule has 7 nitrogen and oxygen atoms in total. The van der Waals surface area contributed by atoms with Crippen LogP contribution >= 0.6 is 0 Å². The second-order valence-corrected chi connectivity index (χ2v) is 6.48. The van der Waals surface area contributed by atoms with Crippen molar-refractivity contribution in [3.63, 3.8) is 0 Å². The highest BCUT2D eigenvalue weighted by atomic mass is 16.5. The van der Waals surface area contributed by atoms with Gasteiger partial charge in [-0.25, -0.2) is 0 Å². The minimum atomic E-state index is -0.420. The fraction of sp³-hybridized carbons (Fsp3) is 0.600. The van der Waals surface area contributed by atoms with Crippen LogP contribution in [0.15, 0.2) is 24.3 Å². The lowest BCUT2D eigenvalue weighted by molar-refractivity contribution is -0.146. The van der Waals surface area contributed by atoms with Gasteiger partial charge in [0.25, 0.3) is 5.91 Å². The largest absolute Gasteiger partial charge is 0.493 e. The maximum Gasteiger partial charge on any atom is 0.310 e. The summed E-state index contributed by atoms with van der Waals surface area (Å²) in [6, 6.07) is 7.14. The van der Waals surface area contributed by atoms with Crippen LogP contribution in [-0.4, -0.2) is 63.4 Å². The van der Waals surface area contributed by atoms with E-state index in [0.717, 1.165) is 0 Å². The Morgan fingerprint density at radius 3 is 2.33 bits per heavy atom. The van der Waals surface area contributed by atoms with Gasteiger partial charge in [0, 0.05) is 19.7 Å². The Balaban J connectivity index is 2.68. The van der Waals surface area contributed by atoms with E-state index in [1.54, 1.807) is 31.1 Å². The zero-order chi connectivity index (χ0) is 20.2. The predicted molar refractivity (Wildman–Crippen MR) is 102 cm³/mol. The summed E-state index contributed by atoms with van der Waals surface area (Å²) in [6.07, 6.45) is 0.809. The summed E-state index contributed by atoms with van der Waals surface area (Å²) in [5.41, 5.74) is 0. The second kappa shape index (κ2) is 12.2.